The Kier molecular flexibility index (Phi) is 7.19. The van der Waals surface area contributed by atoms with Crippen molar-refractivity contribution in [2.75, 3.05) is 13.2 Å². The van der Waals surface area contributed by atoms with Crippen LogP contribution in [0.3, 0.4) is 0 Å². The molecule has 31 heavy (non-hydrogen) atoms. The molecule has 1 aliphatic rings. The number of aliphatic carboxylic acids is 1. The van der Waals surface area contributed by atoms with Crippen molar-refractivity contribution in [3.63, 3.8) is 0 Å². The van der Waals surface area contributed by atoms with E-state index in [9.17, 15) is 14.4 Å². The first-order valence-corrected chi connectivity index (χ1v) is 10.4. The number of ether oxygens (including phenoxy) is 2. The van der Waals surface area contributed by atoms with Crippen LogP contribution in [0.15, 0.2) is 46.6 Å². The van der Waals surface area contributed by atoms with Crippen LogP contribution in [-0.2, 0) is 16.2 Å². The van der Waals surface area contributed by atoms with Gasteiger partial charge in [-0.05, 0) is 52.7 Å². The van der Waals surface area contributed by atoms with Gasteiger partial charge in [0, 0.05) is 10.6 Å². The largest absolute Gasteiger partial charge is 0.490 e. The molecule has 0 aliphatic carbocycles. The molecule has 0 bridgehead atoms. The van der Waals surface area contributed by atoms with Crippen LogP contribution in [0.5, 0.6) is 11.5 Å². The average Bonchev–Trinajstić information content (AvgIpc) is 2.96. The Labute approximate surface area is 191 Å². The van der Waals surface area contributed by atoms with Gasteiger partial charge < -0.3 is 19.9 Å². The standard InChI is InChI=1S/C21H18BrClN2O6/c1-2-30-17-9-12(8-16-20(28)25(10-18(26)27)21(29)24-16)7-14(22)19(17)31-11-13-5-3-4-6-15(13)23/h3-9H,2,10-11H2,1H3,(H,24,29)(H,26,27)/b16-8+. The SMILES string of the molecule is CCOc1cc(/C=C2/NC(=O)N(CC(=O)O)C2=O)cc(Br)c1OCc1ccccc1Cl. The molecule has 0 unspecified atom stereocenters. The number of carbonyl (C=O) groups excluding carboxylic acids is 2. The van der Waals surface area contributed by atoms with Gasteiger partial charge in [-0.25, -0.2) is 9.69 Å². The summed E-state index contributed by atoms with van der Waals surface area (Å²) >= 11 is 9.64. The molecule has 2 N–H and O–H groups in total. The van der Waals surface area contributed by atoms with Gasteiger partial charge in [0.05, 0.1) is 11.1 Å². The number of amides is 3. The second-order valence-corrected chi connectivity index (χ2v) is 7.68. The molecule has 0 spiro atoms. The molecule has 0 aromatic heterocycles. The normalized spacial score (nSPS) is 14.7. The van der Waals surface area contributed by atoms with Crippen molar-refractivity contribution in [2.24, 2.45) is 0 Å². The summed E-state index contributed by atoms with van der Waals surface area (Å²) in [6, 6.07) is 9.87. The van der Waals surface area contributed by atoms with Crippen molar-refractivity contribution in [3.05, 3.63) is 62.7 Å². The van der Waals surface area contributed by atoms with E-state index < -0.39 is 24.5 Å². The highest BCUT2D eigenvalue weighted by atomic mass is 79.9. The minimum absolute atomic E-state index is 0.0367. The van der Waals surface area contributed by atoms with E-state index in [0.29, 0.717) is 38.1 Å². The number of carboxylic acid groups (broad SMARTS) is 1. The summed E-state index contributed by atoms with van der Waals surface area (Å²) in [6.45, 7) is 1.69. The fraction of sp³-hybridized carbons (Fsp3) is 0.190. The Balaban J connectivity index is 1.87. The fourth-order valence-corrected chi connectivity index (χ4v) is 3.62. The second kappa shape index (κ2) is 9.84. The van der Waals surface area contributed by atoms with E-state index in [2.05, 4.69) is 21.2 Å². The number of hydrogen-bond donors (Lipinski definition) is 2. The van der Waals surface area contributed by atoms with Crippen molar-refractivity contribution < 1.29 is 29.0 Å². The van der Waals surface area contributed by atoms with Crippen LogP contribution < -0.4 is 14.8 Å². The van der Waals surface area contributed by atoms with E-state index in [-0.39, 0.29) is 12.3 Å². The molecule has 162 valence electrons. The highest BCUT2D eigenvalue weighted by molar-refractivity contribution is 9.10. The maximum absolute atomic E-state index is 12.3. The minimum atomic E-state index is -1.29. The van der Waals surface area contributed by atoms with Crippen LogP contribution in [0.1, 0.15) is 18.1 Å². The maximum Gasteiger partial charge on any atom is 0.329 e. The van der Waals surface area contributed by atoms with E-state index in [1.54, 1.807) is 18.2 Å². The summed E-state index contributed by atoms with van der Waals surface area (Å²) in [5.41, 5.74) is 1.31. The van der Waals surface area contributed by atoms with E-state index in [4.69, 9.17) is 26.2 Å². The zero-order valence-corrected chi connectivity index (χ0v) is 18.7. The number of carboxylic acids is 1. The lowest BCUT2D eigenvalue weighted by Gasteiger charge is -2.15. The van der Waals surface area contributed by atoms with Gasteiger partial charge in [0.2, 0.25) is 0 Å². The van der Waals surface area contributed by atoms with Crippen molar-refractivity contribution in [1.82, 2.24) is 10.2 Å². The highest BCUT2D eigenvalue weighted by Crippen LogP contribution is 2.38. The average molecular weight is 510 g/mol. The van der Waals surface area contributed by atoms with Gasteiger partial charge in [-0.15, -0.1) is 0 Å². The maximum atomic E-state index is 12.3. The number of benzene rings is 2. The monoisotopic (exact) mass is 508 g/mol. The molecule has 0 radical (unpaired) electrons. The van der Waals surface area contributed by atoms with E-state index in [1.807, 2.05) is 25.1 Å². The van der Waals surface area contributed by atoms with Crippen LogP contribution in [0.2, 0.25) is 5.02 Å². The molecule has 1 saturated heterocycles. The fourth-order valence-electron chi connectivity index (χ4n) is 2.86. The summed E-state index contributed by atoms with van der Waals surface area (Å²) in [7, 11) is 0. The third kappa shape index (κ3) is 5.36. The lowest BCUT2D eigenvalue weighted by molar-refractivity contribution is -0.140. The molecule has 0 saturated carbocycles. The predicted molar refractivity (Wildman–Crippen MR) is 117 cm³/mol. The van der Waals surface area contributed by atoms with Crippen LogP contribution >= 0.6 is 27.5 Å². The van der Waals surface area contributed by atoms with Crippen molar-refractivity contribution >= 4 is 51.5 Å². The third-order valence-electron chi connectivity index (χ3n) is 4.23. The van der Waals surface area contributed by atoms with Crippen molar-refractivity contribution in [1.29, 1.82) is 0 Å². The van der Waals surface area contributed by atoms with Crippen LogP contribution in [0.25, 0.3) is 6.08 Å². The Morgan fingerprint density at radius 2 is 2.00 bits per heavy atom. The lowest BCUT2D eigenvalue weighted by Crippen LogP contribution is -2.35. The molecule has 3 rings (SSSR count). The second-order valence-electron chi connectivity index (χ2n) is 6.42. The first-order valence-electron chi connectivity index (χ1n) is 9.19. The number of hydrogen-bond acceptors (Lipinski definition) is 5. The van der Waals surface area contributed by atoms with E-state index >= 15 is 0 Å². The Bertz CT molecular complexity index is 1070. The quantitative estimate of drug-likeness (QED) is 0.411. The molecule has 1 heterocycles. The first-order chi connectivity index (χ1) is 14.8. The zero-order valence-electron chi connectivity index (χ0n) is 16.4. The van der Waals surface area contributed by atoms with Crippen molar-refractivity contribution in [3.8, 4) is 11.5 Å². The lowest BCUT2D eigenvalue weighted by atomic mass is 10.1. The van der Waals surface area contributed by atoms with Gasteiger partial charge in [-0.1, -0.05) is 29.8 Å². The van der Waals surface area contributed by atoms with Gasteiger partial charge in [0.15, 0.2) is 11.5 Å². The summed E-state index contributed by atoms with van der Waals surface area (Å²) < 4.78 is 12.2. The van der Waals surface area contributed by atoms with Gasteiger partial charge in [-0.3, -0.25) is 9.59 Å². The number of urea groups is 1. The minimum Gasteiger partial charge on any atom is -0.490 e. The molecule has 8 nitrogen and oxygen atoms in total. The van der Waals surface area contributed by atoms with Gasteiger partial charge in [-0.2, -0.15) is 0 Å². The van der Waals surface area contributed by atoms with Crippen LogP contribution in [-0.4, -0.2) is 41.1 Å². The summed E-state index contributed by atoms with van der Waals surface area (Å²) in [4.78, 5) is 35.7. The Morgan fingerprint density at radius 1 is 1.26 bits per heavy atom. The first kappa shape index (κ1) is 22.6. The van der Waals surface area contributed by atoms with Gasteiger partial charge in [0.1, 0.15) is 18.8 Å². The van der Waals surface area contributed by atoms with Crippen LogP contribution in [0, 0.1) is 0 Å². The Hall–Kier alpha value is -3.04. The number of imide groups is 1. The molecule has 2 aromatic carbocycles. The molecule has 1 aliphatic heterocycles. The topological polar surface area (TPSA) is 105 Å². The van der Waals surface area contributed by atoms with Crippen molar-refractivity contribution in [2.45, 2.75) is 13.5 Å². The smallest absolute Gasteiger partial charge is 0.329 e. The summed E-state index contributed by atoms with van der Waals surface area (Å²) in [5.74, 6) is -1.13. The Morgan fingerprint density at radius 3 is 2.68 bits per heavy atom. The predicted octanol–water partition coefficient (Wildman–Crippen LogP) is 4.06. The van der Waals surface area contributed by atoms with E-state index in [0.717, 1.165) is 5.56 Å². The number of rotatable bonds is 8. The van der Waals surface area contributed by atoms with Gasteiger partial charge >= 0.3 is 12.0 Å². The highest BCUT2D eigenvalue weighted by Gasteiger charge is 2.34. The molecular formula is C21H18BrClN2O6. The molecular weight excluding hydrogens is 492 g/mol. The molecule has 0 atom stereocenters. The number of nitrogens with zero attached hydrogens (tertiary/aromatic N) is 1. The number of nitrogens with one attached hydrogen (secondary N) is 1. The molecule has 10 heteroatoms. The zero-order chi connectivity index (χ0) is 22.5. The summed E-state index contributed by atoms with van der Waals surface area (Å²) in [6.07, 6.45) is 1.44. The number of halogens is 2. The molecule has 1 fully saturated rings. The van der Waals surface area contributed by atoms with Crippen LogP contribution in [0.4, 0.5) is 4.79 Å². The van der Waals surface area contributed by atoms with Gasteiger partial charge in [0.25, 0.3) is 5.91 Å². The summed E-state index contributed by atoms with van der Waals surface area (Å²) in [5, 5.41) is 11.8. The third-order valence-corrected chi connectivity index (χ3v) is 5.19. The molecule has 2 aromatic rings. The van der Waals surface area contributed by atoms with E-state index in [1.165, 1.54) is 6.08 Å². The molecule has 3 amide bonds. The number of carbonyl (C=O) groups is 3.